The maximum atomic E-state index is 5.47. The molecule has 0 atom stereocenters. The molecule has 110 valence electrons. The molecule has 0 radical (unpaired) electrons. The predicted octanol–water partition coefficient (Wildman–Crippen LogP) is 4.13. The smallest absolute Gasteiger partial charge is 0.178 e. The molecule has 1 heterocycles. The fourth-order valence-corrected chi connectivity index (χ4v) is 3.11. The van der Waals surface area contributed by atoms with Crippen molar-refractivity contribution in [2.24, 2.45) is 0 Å². The number of hydrogen-bond donors (Lipinski definition) is 1. The van der Waals surface area contributed by atoms with Crippen LogP contribution >= 0.6 is 12.2 Å². The molecule has 2 rings (SSSR count). The fourth-order valence-electron chi connectivity index (χ4n) is 2.81. The van der Waals surface area contributed by atoms with Crippen molar-refractivity contribution in [2.45, 2.75) is 53.2 Å². The monoisotopic (exact) mass is 291 g/mol. The van der Waals surface area contributed by atoms with Gasteiger partial charge in [-0.25, -0.2) is 0 Å². The van der Waals surface area contributed by atoms with Crippen LogP contribution in [0.3, 0.4) is 0 Å². The van der Waals surface area contributed by atoms with Crippen molar-refractivity contribution in [3.05, 3.63) is 28.5 Å². The van der Waals surface area contributed by atoms with Crippen molar-refractivity contribution in [2.75, 3.05) is 6.54 Å². The summed E-state index contributed by atoms with van der Waals surface area (Å²) in [7, 11) is 0. The molecule has 3 nitrogen and oxygen atoms in total. The number of benzene rings is 1. The molecule has 0 fully saturated rings. The van der Waals surface area contributed by atoms with Crippen molar-refractivity contribution in [1.82, 2.24) is 14.5 Å². The summed E-state index contributed by atoms with van der Waals surface area (Å²) in [6, 6.07) is 7.54. The van der Waals surface area contributed by atoms with Crippen molar-refractivity contribution >= 4 is 23.3 Å². The van der Waals surface area contributed by atoms with Crippen LogP contribution < -0.4 is 0 Å². The summed E-state index contributed by atoms with van der Waals surface area (Å²) in [4.78, 5) is 5.79. The molecule has 0 aliphatic rings. The van der Waals surface area contributed by atoms with Crippen LogP contribution in [-0.4, -0.2) is 33.1 Å². The minimum Gasteiger partial charge on any atom is -0.331 e. The first-order valence-corrected chi connectivity index (χ1v) is 7.76. The third-order valence-corrected chi connectivity index (χ3v) is 4.16. The average molecular weight is 291 g/mol. The first-order valence-electron chi connectivity index (χ1n) is 7.35. The van der Waals surface area contributed by atoms with E-state index < -0.39 is 0 Å². The molecule has 0 bridgehead atoms. The van der Waals surface area contributed by atoms with Crippen molar-refractivity contribution < 1.29 is 0 Å². The van der Waals surface area contributed by atoms with Gasteiger partial charge in [0, 0.05) is 25.2 Å². The zero-order chi connectivity index (χ0) is 14.9. The molecular weight excluding hydrogens is 266 g/mol. The molecule has 20 heavy (non-hydrogen) atoms. The van der Waals surface area contributed by atoms with E-state index in [-0.39, 0.29) is 0 Å². The number of rotatable bonds is 5. The van der Waals surface area contributed by atoms with Gasteiger partial charge in [-0.2, -0.15) is 0 Å². The van der Waals surface area contributed by atoms with Crippen LogP contribution in [0.2, 0.25) is 0 Å². The van der Waals surface area contributed by atoms with Gasteiger partial charge < -0.3 is 9.55 Å². The summed E-state index contributed by atoms with van der Waals surface area (Å²) in [6.07, 6.45) is 0. The molecule has 1 N–H and O–H groups in total. The topological polar surface area (TPSA) is 24.0 Å². The van der Waals surface area contributed by atoms with Crippen molar-refractivity contribution in [3.8, 4) is 0 Å². The summed E-state index contributed by atoms with van der Waals surface area (Å²) in [6.45, 7) is 13.1. The quantitative estimate of drug-likeness (QED) is 0.838. The fraction of sp³-hybridized carbons (Fsp3) is 0.562. The van der Waals surface area contributed by atoms with E-state index in [2.05, 4.69) is 67.3 Å². The van der Waals surface area contributed by atoms with E-state index in [1.165, 1.54) is 11.1 Å². The summed E-state index contributed by atoms with van der Waals surface area (Å²) in [5, 5.41) is 0. The van der Waals surface area contributed by atoms with Gasteiger partial charge >= 0.3 is 0 Å². The number of fused-ring (bicyclic) bond motifs is 1. The molecule has 0 saturated heterocycles. The van der Waals surface area contributed by atoms with Crippen LogP contribution in [0.4, 0.5) is 0 Å². The standard InChI is InChI=1S/C16H25N3S/c1-11(2)18(12(3)4)8-9-19-15-10-13(5)6-7-14(15)17-16(19)20/h6-7,10-12H,8-9H2,1-5H3,(H,17,20). The van der Waals surface area contributed by atoms with Gasteiger partial charge in [-0.3, -0.25) is 4.90 Å². The Kier molecular flexibility index (Phi) is 4.66. The lowest BCUT2D eigenvalue weighted by Crippen LogP contribution is -2.39. The largest absolute Gasteiger partial charge is 0.331 e. The van der Waals surface area contributed by atoms with Gasteiger partial charge in [0.05, 0.1) is 11.0 Å². The molecule has 0 aliphatic carbocycles. The summed E-state index contributed by atoms with van der Waals surface area (Å²) >= 11 is 5.47. The molecular formula is C16H25N3S. The number of nitrogens with zero attached hydrogens (tertiary/aromatic N) is 2. The molecule has 0 amide bonds. The maximum Gasteiger partial charge on any atom is 0.178 e. The number of aromatic amines is 1. The Hall–Kier alpha value is -1.13. The molecule has 0 aliphatic heterocycles. The van der Waals surface area contributed by atoms with E-state index in [0.717, 1.165) is 23.4 Å². The Morgan fingerprint density at radius 3 is 2.45 bits per heavy atom. The van der Waals surface area contributed by atoms with E-state index in [0.29, 0.717) is 12.1 Å². The van der Waals surface area contributed by atoms with Crippen LogP contribution in [-0.2, 0) is 6.54 Å². The van der Waals surface area contributed by atoms with E-state index in [1.54, 1.807) is 0 Å². The second kappa shape index (κ2) is 6.10. The Morgan fingerprint density at radius 2 is 1.85 bits per heavy atom. The van der Waals surface area contributed by atoms with E-state index >= 15 is 0 Å². The Bertz CT molecular complexity index is 629. The van der Waals surface area contributed by atoms with E-state index in [1.807, 2.05) is 0 Å². The number of nitrogens with one attached hydrogen (secondary N) is 1. The lowest BCUT2D eigenvalue weighted by molar-refractivity contribution is 0.168. The third-order valence-electron chi connectivity index (χ3n) is 3.84. The van der Waals surface area contributed by atoms with Gasteiger partial charge in [0.1, 0.15) is 0 Å². The predicted molar refractivity (Wildman–Crippen MR) is 88.8 cm³/mol. The van der Waals surface area contributed by atoms with Gasteiger partial charge in [-0.1, -0.05) is 6.07 Å². The zero-order valence-electron chi connectivity index (χ0n) is 13.1. The van der Waals surface area contributed by atoms with Crippen LogP contribution in [0.1, 0.15) is 33.3 Å². The highest BCUT2D eigenvalue weighted by molar-refractivity contribution is 7.71. The number of aromatic nitrogens is 2. The zero-order valence-corrected chi connectivity index (χ0v) is 13.9. The first kappa shape index (κ1) is 15.3. The van der Waals surface area contributed by atoms with Gasteiger partial charge in [-0.05, 0) is 64.5 Å². The number of imidazole rings is 1. The summed E-state index contributed by atoms with van der Waals surface area (Å²) < 4.78 is 3.04. The highest BCUT2D eigenvalue weighted by atomic mass is 32.1. The van der Waals surface area contributed by atoms with Gasteiger partial charge in [0.2, 0.25) is 0 Å². The molecule has 0 spiro atoms. The van der Waals surface area contributed by atoms with Crippen LogP contribution in [0.5, 0.6) is 0 Å². The third kappa shape index (κ3) is 3.13. The molecule has 0 unspecified atom stereocenters. The lowest BCUT2D eigenvalue weighted by atomic mass is 10.2. The maximum absolute atomic E-state index is 5.47. The van der Waals surface area contributed by atoms with E-state index in [9.17, 15) is 0 Å². The SMILES string of the molecule is Cc1ccc2[nH]c(=S)n(CCN(C(C)C)C(C)C)c2c1. The minimum atomic E-state index is 0.552. The second-order valence-electron chi connectivity index (χ2n) is 6.03. The molecule has 0 saturated carbocycles. The second-order valence-corrected chi connectivity index (χ2v) is 6.41. The Labute approximate surface area is 126 Å². The van der Waals surface area contributed by atoms with E-state index in [4.69, 9.17) is 12.2 Å². The Morgan fingerprint density at radius 1 is 1.20 bits per heavy atom. The Balaban J connectivity index is 2.27. The highest BCUT2D eigenvalue weighted by Gasteiger charge is 2.14. The lowest BCUT2D eigenvalue weighted by Gasteiger charge is -2.30. The van der Waals surface area contributed by atoms with Crippen LogP contribution in [0.25, 0.3) is 11.0 Å². The normalized spacial score (nSPS) is 12.2. The minimum absolute atomic E-state index is 0.552. The van der Waals surface area contributed by atoms with Crippen LogP contribution in [0.15, 0.2) is 18.2 Å². The molecule has 1 aromatic carbocycles. The molecule has 2 aromatic rings. The summed E-state index contributed by atoms with van der Waals surface area (Å²) in [5.74, 6) is 0. The number of H-pyrrole nitrogens is 1. The van der Waals surface area contributed by atoms with Crippen LogP contribution in [0, 0.1) is 11.7 Å². The molecule has 4 heteroatoms. The number of aryl methyl sites for hydroxylation is 1. The number of hydrogen-bond acceptors (Lipinski definition) is 2. The summed E-state index contributed by atoms with van der Waals surface area (Å²) in [5.41, 5.74) is 3.61. The molecule has 1 aromatic heterocycles. The first-order chi connectivity index (χ1) is 9.40. The van der Waals surface area contributed by atoms with Crippen molar-refractivity contribution in [1.29, 1.82) is 0 Å². The van der Waals surface area contributed by atoms with Gasteiger partial charge in [0.25, 0.3) is 0 Å². The van der Waals surface area contributed by atoms with Gasteiger partial charge in [-0.15, -0.1) is 0 Å². The highest BCUT2D eigenvalue weighted by Crippen LogP contribution is 2.16. The van der Waals surface area contributed by atoms with Crippen molar-refractivity contribution in [3.63, 3.8) is 0 Å². The van der Waals surface area contributed by atoms with Gasteiger partial charge in [0.15, 0.2) is 4.77 Å². The average Bonchev–Trinajstić information content (AvgIpc) is 2.65.